The number of allylic oxidation sites excluding steroid dienone is 2. The van der Waals surface area contributed by atoms with Gasteiger partial charge in [-0.15, -0.1) is 0 Å². The molecule has 3 nitrogen and oxygen atoms in total. The first-order valence-corrected chi connectivity index (χ1v) is 5.97. The van der Waals surface area contributed by atoms with Crippen molar-refractivity contribution in [3.8, 4) is 0 Å². The highest BCUT2D eigenvalue weighted by molar-refractivity contribution is 8.11. The van der Waals surface area contributed by atoms with Gasteiger partial charge in [0.15, 0.2) is 0 Å². The Labute approximate surface area is 105 Å². The standard InChI is InChI=1S/C13H15NO2S/c1-5-12(17-8(2)3)11-7-14-9(4)6-10(11)13(15)16/h5-7H,2H2,1,3-4H3,(H,15,16)/b12-5-. The van der Waals surface area contributed by atoms with Crippen LogP contribution in [0.15, 0.2) is 29.8 Å². The quantitative estimate of drug-likeness (QED) is 0.883. The average molecular weight is 249 g/mol. The predicted molar refractivity (Wildman–Crippen MR) is 72.0 cm³/mol. The first kappa shape index (κ1) is 13.5. The van der Waals surface area contributed by atoms with Gasteiger partial charge in [0, 0.05) is 22.4 Å². The van der Waals surface area contributed by atoms with Crippen molar-refractivity contribution in [2.75, 3.05) is 0 Å². The second-order valence-corrected chi connectivity index (χ2v) is 4.97. The molecule has 1 aromatic rings. The average Bonchev–Trinajstić information content (AvgIpc) is 2.25. The molecule has 0 fully saturated rings. The fourth-order valence-electron chi connectivity index (χ4n) is 1.39. The van der Waals surface area contributed by atoms with Gasteiger partial charge in [-0.1, -0.05) is 24.4 Å². The van der Waals surface area contributed by atoms with Crippen LogP contribution < -0.4 is 0 Å². The minimum atomic E-state index is -0.938. The predicted octanol–water partition coefficient (Wildman–Crippen LogP) is 3.72. The van der Waals surface area contributed by atoms with Gasteiger partial charge in [-0.25, -0.2) is 4.79 Å². The van der Waals surface area contributed by atoms with E-state index in [0.717, 1.165) is 9.81 Å². The van der Waals surface area contributed by atoms with E-state index in [2.05, 4.69) is 11.6 Å². The van der Waals surface area contributed by atoms with Crippen LogP contribution in [0.2, 0.25) is 0 Å². The molecule has 0 saturated carbocycles. The highest BCUT2D eigenvalue weighted by Crippen LogP contribution is 2.34. The molecule has 0 spiro atoms. The molecule has 0 saturated heterocycles. The summed E-state index contributed by atoms with van der Waals surface area (Å²) < 4.78 is 0. The normalized spacial score (nSPS) is 11.4. The molecule has 1 N–H and O–H groups in total. The van der Waals surface area contributed by atoms with Crippen LogP contribution in [-0.4, -0.2) is 16.1 Å². The summed E-state index contributed by atoms with van der Waals surface area (Å²) in [7, 11) is 0. The van der Waals surface area contributed by atoms with Crippen LogP contribution in [0.25, 0.3) is 4.91 Å². The highest BCUT2D eigenvalue weighted by atomic mass is 32.2. The van der Waals surface area contributed by atoms with E-state index < -0.39 is 5.97 Å². The summed E-state index contributed by atoms with van der Waals surface area (Å²) in [5.74, 6) is -0.938. The van der Waals surface area contributed by atoms with Gasteiger partial charge in [-0.3, -0.25) is 4.98 Å². The van der Waals surface area contributed by atoms with E-state index in [0.29, 0.717) is 11.3 Å². The molecule has 0 aliphatic rings. The molecule has 4 heteroatoms. The van der Waals surface area contributed by atoms with Crippen molar-refractivity contribution in [1.82, 2.24) is 4.98 Å². The van der Waals surface area contributed by atoms with Gasteiger partial charge in [-0.2, -0.15) is 0 Å². The van der Waals surface area contributed by atoms with Crippen molar-refractivity contribution in [2.24, 2.45) is 0 Å². The lowest BCUT2D eigenvalue weighted by atomic mass is 10.1. The van der Waals surface area contributed by atoms with E-state index in [-0.39, 0.29) is 5.56 Å². The third kappa shape index (κ3) is 3.46. The van der Waals surface area contributed by atoms with E-state index in [4.69, 9.17) is 0 Å². The summed E-state index contributed by atoms with van der Waals surface area (Å²) >= 11 is 1.45. The van der Waals surface area contributed by atoms with E-state index in [1.165, 1.54) is 11.8 Å². The van der Waals surface area contributed by atoms with E-state index in [1.54, 1.807) is 19.2 Å². The first-order valence-electron chi connectivity index (χ1n) is 5.15. The number of carboxylic acid groups (broad SMARTS) is 1. The van der Waals surface area contributed by atoms with Crippen LogP contribution in [0, 0.1) is 6.92 Å². The van der Waals surface area contributed by atoms with Gasteiger partial charge in [0.2, 0.25) is 0 Å². The van der Waals surface area contributed by atoms with Gasteiger partial charge >= 0.3 is 5.97 Å². The Balaban J connectivity index is 3.29. The zero-order valence-electron chi connectivity index (χ0n) is 10.2. The minimum absolute atomic E-state index is 0.277. The SMILES string of the molecule is C=C(C)S/C(=C\C)c1cnc(C)cc1C(=O)O. The Bertz CT molecular complexity index is 492. The fraction of sp³-hybridized carbons (Fsp3) is 0.231. The number of carboxylic acids is 1. The number of hydrogen-bond acceptors (Lipinski definition) is 3. The molecule has 1 heterocycles. The second-order valence-electron chi connectivity index (χ2n) is 3.63. The van der Waals surface area contributed by atoms with E-state index >= 15 is 0 Å². The highest BCUT2D eigenvalue weighted by Gasteiger charge is 2.14. The lowest BCUT2D eigenvalue weighted by molar-refractivity contribution is 0.0696. The summed E-state index contributed by atoms with van der Waals surface area (Å²) in [5.41, 5.74) is 1.61. The largest absolute Gasteiger partial charge is 0.478 e. The second kappa shape index (κ2) is 5.68. The number of hydrogen-bond donors (Lipinski definition) is 1. The fourth-order valence-corrected chi connectivity index (χ4v) is 2.16. The molecule has 0 bridgehead atoms. The number of pyridine rings is 1. The Morgan fingerprint density at radius 2 is 2.18 bits per heavy atom. The summed E-state index contributed by atoms with van der Waals surface area (Å²) in [6.45, 7) is 9.35. The number of rotatable bonds is 4. The molecule has 90 valence electrons. The maximum Gasteiger partial charge on any atom is 0.336 e. The zero-order chi connectivity index (χ0) is 13.0. The monoisotopic (exact) mass is 249 g/mol. The lowest BCUT2D eigenvalue weighted by Gasteiger charge is -2.10. The number of nitrogens with zero attached hydrogens (tertiary/aromatic N) is 1. The molecule has 0 aliphatic carbocycles. The molecule has 0 radical (unpaired) electrons. The van der Waals surface area contributed by atoms with Crippen LogP contribution in [-0.2, 0) is 0 Å². The van der Waals surface area contributed by atoms with E-state index in [9.17, 15) is 9.90 Å². The number of carbonyl (C=O) groups is 1. The topological polar surface area (TPSA) is 50.2 Å². The van der Waals surface area contributed by atoms with Crippen LogP contribution in [0.1, 0.15) is 35.5 Å². The Morgan fingerprint density at radius 1 is 1.53 bits per heavy atom. The van der Waals surface area contributed by atoms with Crippen LogP contribution >= 0.6 is 11.8 Å². The molecular formula is C13H15NO2S. The number of aryl methyl sites for hydroxylation is 1. The van der Waals surface area contributed by atoms with Crippen molar-refractivity contribution < 1.29 is 9.90 Å². The van der Waals surface area contributed by atoms with Crippen molar-refractivity contribution in [2.45, 2.75) is 20.8 Å². The molecule has 0 amide bonds. The maximum atomic E-state index is 11.2. The molecule has 0 aliphatic heterocycles. The summed E-state index contributed by atoms with van der Waals surface area (Å²) in [4.78, 5) is 17.1. The number of aromatic nitrogens is 1. The van der Waals surface area contributed by atoms with Gasteiger partial charge in [-0.05, 0) is 31.7 Å². The first-order chi connectivity index (χ1) is 7.95. The molecule has 0 atom stereocenters. The molecule has 0 unspecified atom stereocenters. The van der Waals surface area contributed by atoms with Gasteiger partial charge in [0.05, 0.1) is 5.56 Å². The van der Waals surface area contributed by atoms with Crippen molar-refractivity contribution in [1.29, 1.82) is 0 Å². The zero-order valence-corrected chi connectivity index (χ0v) is 11.0. The smallest absolute Gasteiger partial charge is 0.336 e. The molecule has 0 aromatic carbocycles. The van der Waals surface area contributed by atoms with Gasteiger partial charge in [0.25, 0.3) is 0 Å². The molecule has 1 rings (SSSR count). The lowest BCUT2D eigenvalue weighted by Crippen LogP contribution is -2.03. The summed E-state index contributed by atoms with van der Waals surface area (Å²) in [6.07, 6.45) is 3.47. The summed E-state index contributed by atoms with van der Waals surface area (Å²) in [5, 5.41) is 9.18. The van der Waals surface area contributed by atoms with Crippen molar-refractivity contribution in [3.63, 3.8) is 0 Å². The Kier molecular flexibility index (Phi) is 4.52. The minimum Gasteiger partial charge on any atom is -0.478 e. The number of thioether (sulfide) groups is 1. The molecular weight excluding hydrogens is 234 g/mol. The molecule has 17 heavy (non-hydrogen) atoms. The Morgan fingerprint density at radius 3 is 2.65 bits per heavy atom. The molecule has 1 aromatic heterocycles. The van der Waals surface area contributed by atoms with Gasteiger partial charge in [0.1, 0.15) is 0 Å². The van der Waals surface area contributed by atoms with E-state index in [1.807, 2.05) is 19.9 Å². The third-order valence-electron chi connectivity index (χ3n) is 2.08. The van der Waals surface area contributed by atoms with Crippen molar-refractivity contribution in [3.05, 3.63) is 46.6 Å². The summed E-state index contributed by atoms with van der Waals surface area (Å²) in [6, 6.07) is 1.58. The third-order valence-corrected chi connectivity index (χ3v) is 3.11. The van der Waals surface area contributed by atoms with Gasteiger partial charge < -0.3 is 5.11 Å². The van der Waals surface area contributed by atoms with Crippen LogP contribution in [0.5, 0.6) is 0 Å². The van der Waals surface area contributed by atoms with Crippen LogP contribution in [0.3, 0.4) is 0 Å². The van der Waals surface area contributed by atoms with Crippen LogP contribution in [0.4, 0.5) is 0 Å². The maximum absolute atomic E-state index is 11.2. The van der Waals surface area contributed by atoms with Crippen molar-refractivity contribution >= 4 is 22.6 Å². The Hall–Kier alpha value is -1.55. The number of aromatic carboxylic acids is 1.